The van der Waals surface area contributed by atoms with Crippen LogP contribution in [0, 0.1) is 21.4 Å². The van der Waals surface area contributed by atoms with E-state index in [1.54, 1.807) is 12.1 Å². The lowest BCUT2D eigenvalue weighted by atomic mass is 10.1. The van der Waals surface area contributed by atoms with Crippen molar-refractivity contribution in [1.82, 2.24) is 4.98 Å². The van der Waals surface area contributed by atoms with Gasteiger partial charge >= 0.3 is 0 Å². The van der Waals surface area contributed by atoms with Crippen molar-refractivity contribution in [2.45, 2.75) is 13.0 Å². The summed E-state index contributed by atoms with van der Waals surface area (Å²) < 4.78 is 5.36. The molecule has 144 valence electrons. The number of hydrogen-bond donors (Lipinski definition) is 2. The molecule has 29 heavy (non-hydrogen) atoms. The van der Waals surface area contributed by atoms with Crippen LogP contribution < -0.4 is 15.4 Å². The number of ether oxygens (including phenoxy) is 1. The molecule has 9 heteroatoms. The number of nitrogens with zero attached hydrogens (tertiary/aromatic N) is 3. The Labute approximate surface area is 165 Å². The van der Waals surface area contributed by atoms with Crippen molar-refractivity contribution >= 4 is 34.0 Å². The molecule has 0 fully saturated rings. The van der Waals surface area contributed by atoms with E-state index < -0.39 is 4.92 Å². The van der Waals surface area contributed by atoms with Gasteiger partial charge in [-0.1, -0.05) is 6.07 Å². The van der Waals surface area contributed by atoms with Gasteiger partial charge in [0.05, 0.1) is 33.8 Å². The number of carbonyl (C=O) groups is 1. The van der Waals surface area contributed by atoms with Crippen molar-refractivity contribution in [3.05, 3.63) is 63.7 Å². The van der Waals surface area contributed by atoms with Crippen LogP contribution in [-0.2, 0) is 4.79 Å². The Kier molecular flexibility index (Phi) is 4.44. The van der Waals surface area contributed by atoms with Crippen LogP contribution in [0.15, 0.2) is 42.5 Å². The Balaban J connectivity index is 1.64. The molecule has 3 aromatic rings. The first-order valence-electron chi connectivity index (χ1n) is 8.77. The topological polar surface area (TPSA) is 130 Å². The molecule has 1 aromatic heterocycles. The Hall–Kier alpha value is -4.19. The Bertz CT molecular complexity index is 1200. The summed E-state index contributed by atoms with van der Waals surface area (Å²) in [5.74, 6) is 0.866. The molecule has 1 unspecified atom stereocenters. The molecule has 1 aliphatic heterocycles. The van der Waals surface area contributed by atoms with Gasteiger partial charge in [-0.25, -0.2) is 4.98 Å². The summed E-state index contributed by atoms with van der Waals surface area (Å²) in [5.41, 5.74) is 2.17. The van der Waals surface area contributed by atoms with Crippen LogP contribution >= 0.6 is 0 Å². The fourth-order valence-corrected chi connectivity index (χ4v) is 3.17. The first-order chi connectivity index (χ1) is 13.9. The second-order valence-electron chi connectivity index (χ2n) is 6.58. The summed E-state index contributed by atoms with van der Waals surface area (Å²) in [6.07, 6.45) is 0. The standard InChI is InChI=1S/C20H15N5O4/c1-11(12-2-5-18-17(6-12)24-20(26)10-29-18)22-19-7-13(9-21)15-8-14(25(27)28)3-4-16(15)23-19/h2-8,11H,10H2,1H3,(H,22,23)(H,24,26). The van der Waals surface area contributed by atoms with E-state index in [0.717, 1.165) is 5.56 Å². The van der Waals surface area contributed by atoms with E-state index in [0.29, 0.717) is 33.7 Å². The first-order valence-corrected chi connectivity index (χ1v) is 8.77. The number of pyridine rings is 1. The third-order valence-electron chi connectivity index (χ3n) is 4.62. The molecule has 1 atom stereocenters. The number of aromatic nitrogens is 1. The highest BCUT2D eigenvalue weighted by molar-refractivity contribution is 5.95. The van der Waals surface area contributed by atoms with Crippen LogP contribution in [0.2, 0.25) is 0 Å². The number of nitriles is 1. The van der Waals surface area contributed by atoms with Crippen LogP contribution in [0.1, 0.15) is 24.1 Å². The number of amides is 1. The van der Waals surface area contributed by atoms with Gasteiger partial charge in [0.1, 0.15) is 11.6 Å². The Morgan fingerprint density at radius 3 is 2.90 bits per heavy atom. The maximum Gasteiger partial charge on any atom is 0.270 e. The molecule has 9 nitrogen and oxygen atoms in total. The number of anilines is 2. The average Bonchev–Trinajstić information content (AvgIpc) is 2.72. The highest BCUT2D eigenvalue weighted by Gasteiger charge is 2.18. The number of non-ortho nitro benzene ring substituents is 1. The van der Waals surface area contributed by atoms with E-state index in [1.807, 2.05) is 19.1 Å². The van der Waals surface area contributed by atoms with Gasteiger partial charge < -0.3 is 15.4 Å². The smallest absolute Gasteiger partial charge is 0.270 e. The molecular weight excluding hydrogens is 374 g/mol. The van der Waals surface area contributed by atoms with Gasteiger partial charge in [0.2, 0.25) is 0 Å². The summed E-state index contributed by atoms with van der Waals surface area (Å²) in [6.45, 7) is 1.91. The minimum Gasteiger partial charge on any atom is -0.482 e. The molecule has 0 spiro atoms. The molecule has 2 heterocycles. The van der Waals surface area contributed by atoms with Crippen LogP contribution in [0.4, 0.5) is 17.2 Å². The largest absolute Gasteiger partial charge is 0.482 e. The summed E-state index contributed by atoms with van der Waals surface area (Å²) in [6, 6.07) is 13.2. The van der Waals surface area contributed by atoms with Crippen molar-refractivity contribution in [1.29, 1.82) is 5.26 Å². The number of fused-ring (bicyclic) bond motifs is 2. The Morgan fingerprint density at radius 1 is 1.31 bits per heavy atom. The van der Waals surface area contributed by atoms with E-state index in [9.17, 15) is 20.2 Å². The molecule has 0 aliphatic carbocycles. The van der Waals surface area contributed by atoms with Gasteiger partial charge in [-0.3, -0.25) is 14.9 Å². The zero-order chi connectivity index (χ0) is 20.5. The van der Waals surface area contributed by atoms with Gasteiger partial charge in [-0.05, 0) is 36.8 Å². The maximum atomic E-state index is 11.5. The number of benzene rings is 2. The quantitative estimate of drug-likeness (QED) is 0.516. The number of hydrogen-bond acceptors (Lipinski definition) is 7. The zero-order valence-corrected chi connectivity index (χ0v) is 15.3. The number of nitro benzene ring substituents is 1. The molecule has 4 rings (SSSR count). The monoisotopic (exact) mass is 389 g/mol. The fourth-order valence-electron chi connectivity index (χ4n) is 3.17. The van der Waals surface area contributed by atoms with Crippen molar-refractivity contribution in [2.75, 3.05) is 17.2 Å². The molecule has 2 N–H and O–H groups in total. The molecule has 0 bridgehead atoms. The van der Waals surface area contributed by atoms with Crippen LogP contribution in [0.3, 0.4) is 0 Å². The maximum absolute atomic E-state index is 11.5. The zero-order valence-electron chi connectivity index (χ0n) is 15.3. The lowest BCUT2D eigenvalue weighted by molar-refractivity contribution is -0.384. The summed E-state index contributed by atoms with van der Waals surface area (Å²) in [7, 11) is 0. The molecule has 0 saturated carbocycles. The van der Waals surface area contributed by atoms with Gasteiger partial charge in [0.25, 0.3) is 11.6 Å². The molecule has 1 amide bonds. The molecule has 2 aromatic carbocycles. The number of rotatable bonds is 4. The summed E-state index contributed by atoms with van der Waals surface area (Å²) in [5, 5.41) is 26.9. The number of nitrogens with one attached hydrogen (secondary N) is 2. The SMILES string of the molecule is CC(Nc1cc(C#N)c2cc([N+](=O)[O-])ccc2n1)c1ccc2c(c1)NC(=O)CO2. The van der Waals surface area contributed by atoms with E-state index in [1.165, 1.54) is 18.2 Å². The average molecular weight is 389 g/mol. The van der Waals surface area contributed by atoms with Crippen molar-refractivity contribution in [2.24, 2.45) is 0 Å². The predicted octanol–water partition coefficient (Wildman–Crippen LogP) is 3.52. The lowest BCUT2D eigenvalue weighted by Gasteiger charge is -2.21. The molecule has 0 saturated heterocycles. The van der Waals surface area contributed by atoms with Crippen molar-refractivity contribution < 1.29 is 14.5 Å². The number of nitro groups is 1. The fraction of sp³-hybridized carbons (Fsp3) is 0.150. The predicted molar refractivity (Wildman–Crippen MR) is 106 cm³/mol. The van der Waals surface area contributed by atoms with E-state index >= 15 is 0 Å². The second-order valence-corrected chi connectivity index (χ2v) is 6.58. The van der Waals surface area contributed by atoms with Crippen molar-refractivity contribution in [3.63, 3.8) is 0 Å². The van der Waals surface area contributed by atoms with Gasteiger partial charge in [-0.2, -0.15) is 5.26 Å². The number of carbonyl (C=O) groups excluding carboxylic acids is 1. The Morgan fingerprint density at radius 2 is 2.14 bits per heavy atom. The van der Waals surface area contributed by atoms with Gasteiger partial charge in [0, 0.05) is 17.5 Å². The highest BCUT2D eigenvalue weighted by Crippen LogP contribution is 2.32. The van der Waals surface area contributed by atoms with Crippen molar-refractivity contribution in [3.8, 4) is 11.8 Å². The second kappa shape index (κ2) is 7.09. The van der Waals surface area contributed by atoms with Crippen LogP contribution in [0.5, 0.6) is 5.75 Å². The highest BCUT2D eigenvalue weighted by atomic mass is 16.6. The van der Waals surface area contributed by atoms with Crippen LogP contribution in [-0.4, -0.2) is 22.4 Å². The minimum atomic E-state index is -0.507. The first kappa shape index (κ1) is 18.2. The summed E-state index contributed by atoms with van der Waals surface area (Å²) in [4.78, 5) is 26.5. The lowest BCUT2D eigenvalue weighted by Crippen LogP contribution is -2.25. The molecule has 0 radical (unpaired) electrons. The third kappa shape index (κ3) is 3.51. The summed E-state index contributed by atoms with van der Waals surface area (Å²) >= 11 is 0. The van der Waals surface area contributed by atoms with Crippen LogP contribution in [0.25, 0.3) is 10.9 Å². The van der Waals surface area contributed by atoms with Gasteiger partial charge in [0.15, 0.2) is 6.61 Å². The normalized spacial score (nSPS) is 13.6. The molecular formula is C20H15N5O4. The molecule has 1 aliphatic rings. The van der Waals surface area contributed by atoms with E-state index in [-0.39, 0.29) is 24.2 Å². The van der Waals surface area contributed by atoms with Gasteiger partial charge in [-0.15, -0.1) is 0 Å². The third-order valence-corrected chi connectivity index (χ3v) is 4.62. The van der Waals surface area contributed by atoms with E-state index in [4.69, 9.17) is 4.74 Å². The minimum absolute atomic E-state index is 0.00371. The van der Waals surface area contributed by atoms with E-state index in [2.05, 4.69) is 21.7 Å².